The van der Waals surface area contributed by atoms with Crippen molar-refractivity contribution in [2.75, 3.05) is 31.6 Å². The first kappa shape index (κ1) is 14.4. The fourth-order valence-corrected chi connectivity index (χ4v) is 3.11. The third-order valence-electron chi connectivity index (χ3n) is 4.31. The number of nitrogens with two attached hydrogens (primary N) is 1. The number of nitrogens with zero attached hydrogens (tertiary/aromatic N) is 2. The molecule has 2 N–H and O–H groups in total. The van der Waals surface area contributed by atoms with Crippen LogP contribution in [0.1, 0.15) is 25.0 Å². The van der Waals surface area contributed by atoms with Gasteiger partial charge in [0, 0.05) is 36.9 Å². The molecule has 1 aliphatic rings. The molecule has 1 aliphatic heterocycles. The molecule has 0 aliphatic carbocycles. The van der Waals surface area contributed by atoms with Gasteiger partial charge < -0.3 is 10.6 Å². The Kier molecular flexibility index (Phi) is 3.88. The van der Waals surface area contributed by atoms with Crippen molar-refractivity contribution in [3.05, 3.63) is 29.3 Å². The number of hydrogen-bond acceptors (Lipinski definition) is 3. The average Bonchev–Trinajstić information content (AvgIpc) is 2.32. The van der Waals surface area contributed by atoms with Crippen LogP contribution in [0.3, 0.4) is 0 Å². The molecule has 3 heteroatoms. The highest BCUT2D eigenvalue weighted by Crippen LogP contribution is 2.32. The first-order valence-electron chi connectivity index (χ1n) is 7.10. The number of piperazine rings is 1. The maximum absolute atomic E-state index is 5.92. The third-order valence-corrected chi connectivity index (χ3v) is 4.31. The highest BCUT2D eigenvalue weighted by Gasteiger charge is 2.37. The molecule has 106 valence electrons. The predicted octanol–water partition coefficient (Wildman–Crippen LogP) is 2.16. The molecule has 2 rings (SSSR count). The lowest BCUT2D eigenvalue weighted by Gasteiger charge is -2.51. The third kappa shape index (κ3) is 2.77. The van der Waals surface area contributed by atoms with E-state index in [1.54, 1.807) is 0 Å². The van der Waals surface area contributed by atoms with E-state index in [2.05, 4.69) is 62.7 Å². The van der Waals surface area contributed by atoms with E-state index >= 15 is 0 Å². The quantitative estimate of drug-likeness (QED) is 0.885. The van der Waals surface area contributed by atoms with Crippen molar-refractivity contribution < 1.29 is 0 Å². The monoisotopic (exact) mass is 261 g/mol. The largest absolute Gasteiger partial charge is 0.363 e. The van der Waals surface area contributed by atoms with Gasteiger partial charge in [0.15, 0.2) is 0 Å². The van der Waals surface area contributed by atoms with Crippen LogP contribution in [0.15, 0.2) is 18.2 Å². The van der Waals surface area contributed by atoms with E-state index in [9.17, 15) is 0 Å². The van der Waals surface area contributed by atoms with E-state index in [4.69, 9.17) is 5.73 Å². The van der Waals surface area contributed by atoms with Gasteiger partial charge in [-0.15, -0.1) is 0 Å². The van der Waals surface area contributed by atoms with E-state index in [1.165, 1.54) is 16.8 Å². The summed E-state index contributed by atoms with van der Waals surface area (Å²) in [5.74, 6) is 0. The van der Waals surface area contributed by atoms with Gasteiger partial charge in [0.25, 0.3) is 0 Å². The van der Waals surface area contributed by atoms with E-state index in [0.29, 0.717) is 12.6 Å². The number of likely N-dealkylation sites (N-methyl/N-ethyl adjacent to an activating group) is 1. The van der Waals surface area contributed by atoms with Crippen molar-refractivity contribution in [3.8, 4) is 0 Å². The number of anilines is 1. The van der Waals surface area contributed by atoms with Crippen molar-refractivity contribution in [1.29, 1.82) is 0 Å². The Balaban J connectivity index is 2.38. The van der Waals surface area contributed by atoms with E-state index in [-0.39, 0.29) is 5.54 Å². The fourth-order valence-electron chi connectivity index (χ4n) is 3.11. The summed E-state index contributed by atoms with van der Waals surface area (Å²) in [6, 6.07) is 7.14. The zero-order valence-corrected chi connectivity index (χ0v) is 12.9. The molecule has 1 fully saturated rings. The maximum Gasteiger partial charge on any atom is 0.0473 e. The van der Waals surface area contributed by atoms with Gasteiger partial charge in [0.05, 0.1) is 0 Å². The minimum atomic E-state index is 0.138. The molecule has 3 nitrogen and oxygen atoms in total. The Morgan fingerprint density at radius 3 is 2.63 bits per heavy atom. The van der Waals surface area contributed by atoms with E-state index in [0.717, 1.165) is 13.1 Å². The van der Waals surface area contributed by atoms with Gasteiger partial charge in [-0.05, 0) is 51.9 Å². The minimum absolute atomic E-state index is 0.138. The van der Waals surface area contributed by atoms with Crippen molar-refractivity contribution in [1.82, 2.24) is 4.90 Å². The summed E-state index contributed by atoms with van der Waals surface area (Å²) in [4.78, 5) is 4.93. The maximum atomic E-state index is 5.92. The summed E-state index contributed by atoms with van der Waals surface area (Å²) in [6.45, 7) is 11.8. The molecular formula is C16H27N3. The normalized spacial score (nSPS) is 23.7. The van der Waals surface area contributed by atoms with Crippen LogP contribution >= 0.6 is 0 Å². The zero-order valence-electron chi connectivity index (χ0n) is 12.9. The summed E-state index contributed by atoms with van der Waals surface area (Å²) >= 11 is 0. The number of rotatable bonds is 2. The standard InChI is InChI=1S/C16H27N3/c1-12-6-7-13(2)15(8-12)19-10-14(9-17)18(5)11-16(19,3)4/h6-8,14H,9-11,17H2,1-5H3. The molecule has 0 radical (unpaired) electrons. The van der Waals surface area contributed by atoms with Crippen LogP contribution in [0.4, 0.5) is 5.69 Å². The van der Waals surface area contributed by atoms with Gasteiger partial charge in [-0.2, -0.15) is 0 Å². The Bertz CT molecular complexity index is 453. The van der Waals surface area contributed by atoms with Gasteiger partial charge in [0.1, 0.15) is 0 Å². The van der Waals surface area contributed by atoms with Crippen molar-refractivity contribution in [2.24, 2.45) is 5.73 Å². The summed E-state index contributed by atoms with van der Waals surface area (Å²) in [6.07, 6.45) is 0. The second kappa shape index (κ2) is 5.14. The van der Waals surface area contributed by atoms with Crippen LogP contribution in [0.5, 0.6) is 0 Å². The van der Waals surface area contributed by atoms with Crippen molar-refractivity contribution in [2.45, 2.75) is 39.3 Å². The topological polar surface area (TPSA) is 32.5 Å². The van der Waals surface area contributed by atoms with Gasteiger partial charge in [-0.3, -0.25) is 4.90 Å². The minimum Gasteiger partial charge on any atom is -0.363 e. The highest BCUT2D eigenvalue weighted by atomic mass is 15.3. The molecular weight excluding hydrogens is 234 g/mol. The molecule has 0 aromatic heterocycles. The average molecular weight is 261 g/mol. The first-order chi connectivity index (χ1) is 8.85. The Morgan fingerprint density at radius 2 is 2.00 bits per heavy atom. The molecule has 1 atom stereocenters. The zero-order chi connectivity index (χ0) is 14.2. The van der Waals surface area contributed by atoms with Crippen LogP contribution in [-0.2, 0) is 0 Å². The molecule has 19 heavy (non-hydrogen) atoms. The molecule has 1 heterocycles. The summed E-state index contributed by atoms with van der Waals surface area (Å²) in [5, 5.41) is 0. The second-order valence-corrected chi connectivity index (χ2v) is 6.52. The summed E-state index contributed by atoms with van der Waals surface area (Å²) in [7, 11) is 2.18. The lowest BCUT2D eigenvalue weighted by atomic mass is 9.93. The molecule has 1 aromatic rings. The van der Waals surface area contributed by atoms with Gasteiger partial charge >= 0.3 is 0 Å². The Labute approximate surface area is 117 Å². The molecule has 0 amide bonds. The molecule has 0 spiro atoms. The summed E-state index contributed by atoms with van der Waals surface area (Å²) in [5.41, 5.74) is 10.1. The predicted molar refractivity (Wildman–Crippen MR) is 82.8 cm³/mol. The molecule has 1 aromatic carbocycles. The molecule has 1 unspecified atom stereocenters. The van der Waals surface area contributed by atoms with Crippen molar-refractivity contribution >= 4 is 5.69 Å². The lowest BCUT2D eigenvalue weighted by molar-refractivity contribution is 0.155. The van der Waals surface area contributed by atoms with E-state index in [1.807, 2.05) is 0 Å². The number of hydrogen-bond donors (Lipinski definition) is 1. The fraction of sp³-hybridized carbons (Fsp3) is 0.625. The van der Waals surface area contributed by atoms with E-state index < -0.39 is 0 Å². The van der Waals surface area contributed by atoms with Crippen LogP contribution in [0.2, 0.25) is 0 Å². The van der Waals surface area contributed by atoms with Gasteiger partial charge in [-0.25, -0.2) is 0 Å². The Hall–Kier alpha value is -1.06. The van der Waals surface area contributed by atoms with Crippen LogP contribution in [0.25, 0.3) is 0 Å². The molecule has 0 bridgehead atoms. The van der Waals surface area contributed by atoms with Crippen LogP contribution in [-0.4, -0.2) is 43.2 Å². The van der Waals surface area contributed by atoms with Gasteiger partial charge in [0.2, 0.25) is 0 Å². The highest BCUT2D eigenvalue weighted by molar-refractivity contribution is 5.57. The SMILES string of the molecule is Cc1ccc(C)c(N2CC(CN)N(C)CC2(C)C)c1. The van der Waals surface area contributed by atoms with Gasteiger partial charge in [-0.1, -0.05) is 12.1 Å². The molecule has 1 saturated heterocycles. The number of benzene rings is 1. The van der Waals surface area contributed by atoms with Crippen LogP contribution in [0, 0.1) is 13.8 Å². The number of aryl methyl sites for hydroxylation is 2. The second-order valence-electron chi connectivity index (χ2n) is 6.52. The summed E-state index contributed by atoms with van der Waals surface area (Å²) < 4.78 is 0. The lowest BCUT2D eigenvalue weighted by Crippen LogP contribution is -2.64. The Morgan fingerprint density at radius 1 is 1.32 bits per heavy atom. The van der Waals surface area contributed by atoms with Crippen LogP contribution < -0.4 is 10.6 Å². The molecule has 0 saturated carbocycles. The first-order valence-corrected chi connectivity index (χ1v) is 7.10. The van der Waals surface area contributed by atoms with Crippen molar-refractivity contribution in [3.63, 3.8) is 0 Å². The smallest absolute Gasteiger partial charge is 0.0473 e.